The first-order chi connectivity index (χ1) is 14.1. The van der Waals surface area contributed by atoms with E-state index in [1.54, 1.807) is 12.1 Å². The molecule has 2 aromatic carbocycles. The smallest absolute Gasteiger partial charge is 0.387 e. The maximum absolute atomic E-state index is 12.3. The molecular weight excluding hydrogens is 366 g/mol. The molecule has 2 aliphatic rings. The number of alkyl halides is 2. The lowest BCUT2D eigenvalue weighted by Gasteiger charge is -2.42. The first-order valence-electron chi connectivity index (χ1n) is 11.3. The standard InChI is InChI=1S/C26H32F2O/c1-2-3-18-4-5-24-17-23(11-10-22(24)16-18)21-8-6-19(7-9-21)20-12-14-25(15-13-20)29-26(27)28/h6-9,12-15,18,22-24,26H,2-5,10-11,16-17H2,1H3/t18?,22-,23-,24-/m1/s1. The summed E-state index contributed by atoms with van der Waals surface area (Å²) in [6.07, 6.45) is 11.1. The maximum Gasteiger partial charge on any atom is 0.387 e. The van der Waals surface area contributed by atoms with Crippen molar-refractivity contribution in [3.8, 4) is 16.9 Å². The van der Waals surface area contributed by atoms with Gasteiger partial charge in [0.2, 0.25) is 0 Å². The van der Waals surface area contributed by atoms with Crippen LogP contribution in [0.5, 0.6) is 5.75 Å². The minimum absolute atomic E-state index is 0.200. The van der Waals surface area contributed by atoms with E-state index in [0.717, 1.165) is 28.9 Å². The highest BCUT2D eigenvalue weighted by Gasteiger charge is 2.35. The molecule has 0 N–H and O–H groups in total. The second-order valence-corrected chi connectivity index (χ2v) is 9.02. The summed E-state index contributed by atoms with van der Waals surface area (Å²) in [5, 5.41) is 0. The Morgan fingerprint density at radius 1 is 0.828 bits per heavy atom. The van der Waals surface area contributed by atoms with Crippen LogP contribution in [0.15, 0.2) is 48.5 Å². The molecule has 0 radical (unpaired) electrons. The minimum Gasteiger partial charge on any atom is -0.435 e. The van der Waals surface area contributed by atoms with Gasteiger partial charge >= 0.3 is 6.61 Å². The molecule has 0 amide bonds. The molecular formula is C26H32F2O. The Morgan fingerprint density at radius 2 is 1.45 bits per heavy atom. The molecule has 3 heteroatoms. The Balaban J connectivity index is 1.37. The molecule has 0 heterocycles. The van der Waals surface area contributed by atoms with Gasteiger partial charge in [-0.3, -0.25) is 0 Å². The fourth-order valence-electron chi connectivity index (χ4n) is 5.74. The molecule has 2 saturated carbocycles. The van der Waals surface area contributed by atoms with Gasteiger partial charge in [0.15, 0.2) is 0 Å². The SMILES string of the molecule is CCCC1CC[C@@H]2C[C@H](c3ccc(-c4ccc(OC(F)F)cc4)cc3)CC[C@@H]2C1. The third kappa shape index (κ3) is 4.99. The van der Waals surface area contributed by atoms with Crippen LogP contribution >= 0.6 is 0 Å². The van der Waals surface area contributed by atoms with Crippen molar-refractivity contribution in [2.24, 2.45) is 17.8 Å². The van der Waals surface area contributed by atoms with Crippen molar-refractivity contribution in [3.05, 3.63) is 54.1 Å². The second kappa shape index (κ2) is 9.28. The number of ether oxygens (including phenoxy) is 1. The summed E-state index contributed by atoms with van der Waals surface area (Å²) in [7, 11) is 0. The largest absolute Gasteiger partial charge is 0.435 e. The molecule has 4 atom stereocenters. The van der Waals surface area contributed by atoms with E-state index < -0.39 is 6.61 Å². The lowest BCUT2D eigenvalue weighted by atomic mass is 9.63. The topological polar surface area (TPSA) is 9.23 Å². The van der Waals surface area contributed by atoms with Gasteiger partial charge in [-0.25, -0.2) is 0 Å². The van der Waals surface area contributed by atoms with Crippen molar-refractivity contribution in [1.29, 1.82) is 0 Å². The average Bonchev–Trinajstić information content (AvgIpc) is 2.74. The van der Waals surface area contributed by atoms with E-state index in [-0.39, 0.29) is 5.75 Å². The number of halogens is 2. The van der Waals surface area contributed by atoms with Crippen LogP contribution in [0, 0.1) is 17.8 Å². The summed E-state index contributed by atoms with van der Waals surface area (Å²) in [5.74, 6) is 3.75. The van der Waals surface area contributed by atoms with Gasteiger partial charge < -0.3 is 4.74 Å². The van der Waals surface area contributed by atoms with Crippen molar-refractivity contribution in [2.75, 3.05) is 0 Å². The molecule has 1 nitrogen and oxygen atoms in total. The summed E-state index contributed by atoms with van der Waals surface area (Å²) in [6.45, 7) is -0.463. The summed E-state index contributed by atoms with van der Waals surface area (Å²) in [4.78, 5) is 0. The third-order valence-corrected chi connectivity index (χ3v) is 7.21. The van der Waals surface area contributed by atoms with Gasteiger partial charge in [0.25, 0.3) is 0 Å². The molecule has 0 aliphatic heterocycles. The Labute approximate surface area is 173 Å². The molecule has 2 aromatic rings. The predicted octanol–water partition coefficient (Wildman–Crippen LogP) is 8.06. The van der Waals surface area contributed by atoms with Crippen molar-refractivity contribution in [1.82, 2.24) is 0 Å². The van der Waals surface area contributed by atoms with Gasteiger partial charge in [-0.1, -0.05) is 62.6 Å². The van der Waals surface area contributed by atoms with Crippen LogP contribution in [0.4, 0.5) is 8.78 Å². The van der Waals surface area contributed by atoms with Crippen LogP contribution in [0.1, 0.15) is 69.8 Å². The lowest BCUT2D eigenvalue weighted by Crippen LogP contribution is -2.30. The van der Waals surface area contributed by atoms with Crippen LogP contribution < -0.4 is 4.74 Å². The molecule has 0 bridgehead atoms. The van der Waals surface area contributed by atoms with Crippen LogP contribution in [0.2, 0.25) is 0 Å². The van der Waals surface area contributed by atoms with Crippen molar-refractivity contribution in [3.63, 3.8) is 0 Å². The number of rotatable bonds is 6. The van der Waals surface area contributed by atoms with Gasteiger partial charge in [0.1, 0.15) is 5.75 Å². The molecule has 2 fully saturated rings. The maximum atomic E-state index is 12.3. The zero-order valence-electron chi connectivity index (χ0n) is 17.3. The molecule has 156 valence electrons. The van der Waals surface area contributed by atoms with E-state index in [1.807, 2.05) is 12.1 Å². The number of hydrogen-bond donors (Lipinski definition) is 0. The zero-order valence-corrected chi connectivity index (χ0v) is 17.3. The average molecular weight is 399 g/mol. The monoisotopic (exact) mass is 398 g/mol. The molecule has 0 saturated heterocycles. The minimum atomic E-state index is -2.78. The Kier molecular flexibility index (Phi) is 6.52. The normalized spacial score (nSPS) is 26.9. The van der Waals surface area contributed by atoms with E-state index in [2.05, 4.69) is 35.9 Å². The molecule has 2 aliphatic carbocycles. The molecule has 0 aromatic heterocycles. The van der Waals surface area contributed by atoms with Crippen molar-refractivity contribution >= 4 is 0 Å². The Hall–Kier alpha value is -1.90. The second-order valence-electron chi connectivity index (χ2n) is 9.02. The first kappa shape index (κ1) is 20.4. The lowest BCUT2D eigenvalue weighted by molar-refractivity contribution is -0.0498. The molecule has 0 spiro atoms. The van der Waals surface area contributed by atoms with Gasteiger partial charge in [-0.2, -0.15) is 8.78 Å². The van der Waals surface area contributed by atoms with Crippen LogP contribution in [-0.2, 0) is 0 Å². The molecule has 1 unspecified atom stereocenters. The van der Waals surface area contributed by atoms with E-state index in [1.165, 1.54) is 56.9 Å². The number of fused-ring (bicyclic) bond motifs is 1. The highest BCUT2D eigenvalue weighted by molar-refractivity contribution is 5.64. The summed E-state index contributed by atoms with van der Waals surface area (Å²) < 4.78 is 29.0. The molecule has 4 rings (SSSR count). The van der Waals surface area contributed by atoms with Crippen molar-refractivity contribution < 1.29 is 13.5 Å². The third-order valence-electron chi connectivity index (χ3n) is 7.21. The van der Waals surface area contributed by atoms with Gasteiger partial charge in [0.05, 0.1) is 0 Å². The summed E-state index contributed by atoms with van der Waals surface area (Å²) >= 11 is 0. The van der Waals surface area contributed by atoms with Crippen molar-refractivity contribution in [2.45, 2.75) is 70.8 Å². The highest BCUT2D eigenvalue weighted by atomic mass is 19.3. The zero-order chi connectivity index (χ0) is 20.2. The van der Waals surface area contributed by atoms with Gasteiger partial charge in [0, 0.05) is 0 Å². The van der Waals surface area contributed by atoms with Crippen LogP contribution in [-0.4, -0.2) is 6.61 Å². The van der Waals surface area contributed by atoms with E-state index in [9.17, 15) is 8.78 Å². The Bertz CT molecular complexity index is 768. The first-order valence-corrected chi connectivity index (χ1v) is 11.3. The van der Waals surface area contributed by atoms with Crippen LogP contribution in [0.3, 0.4) is 0 Å². The van der Waals surface area contributed by atoms with E-state index in [0.29, 0.717) is 5.92 Å². The quantitative estimate of drug-likeness (QED) is 0.478. The predicted molar refractivity (Wildman–Crippen MR) is 114 cm³/mol. The highest BCUT2D eigenvalue weighted by Crippen LogP contribution is 2.48. The fraction of sp³-hybridized carbons (Fsp3) is 0.538. The number of hydrogen-bond acceptors (Lipinski definition) is 1. The molecule has 29 heavy (non-hydrogen) atoms. The Morgan fingerprint density at radius 3 is 2.10 bits per heavy atom. The van der Waals surface area contributed by atoms with E-state index >= 15 is 0 Å². The fourth-order valence-corrected chi connectivity index (χ4v) is 5.74. The van der Waals surface area contributed by atoms with E-state index in [4.69, 9.17) is 0 Å². The van der Waals surface area contributed by atoms with Crippen LogP contribution in [0.25, 0.3) is 11.1 Å². The van der Waals surface area contributed by atoms with Gasteiger partial charge in [-0.05, 0) is 84.6 Å². The summed E-state index contributed by atoms with van der Waals surface area (Å²) in [5.41, 5.74) is 3.60. The number of benzene rings is 2. The summed E-state index contributed by atoms with van der Waals surface area (Å²) in [6, 6.07) is 15.8. The van der Waals surface area contributed by atoms with Gasteiger partial charge in [-0.15, -0.1) is 0 Å².